The van der Waals surface area contributed by atoms with E-state index in [2.05, 4.69) is 26.1 Å². The quantitative estimate of drug-likeness (QED) is 0.119. The standard InChI is InChI=1S/C30H57NO6/c1-12-29(10,20-18-23(3)4)36-24(32)17-15-14-16-19-28(8,9)37-26(34)31-21-22-35-25(33)30(11,13-2)27(5,6)7/h23H,12-22H2,1-11H3,(H,31,34). The number of amides is 1. The van der Waals surface area contributed by atoms with Gasteiger partial charge in [0.1, 0.15) is 17.8 Å². The molecule has 2 unspecified atom stereocenters. The molecule has 0 radical (unpaired) electrons. The number of carbonyl (C=O) groups is 3. The number of ether oxygens (including phenoxy) is 3. The fraction of sp³-hybridized carbons (Fsp3) is 0.900. The third kappa shape index (κ3) is 13.5. The van der Waals surface area contributed by atoms with E-state index in [0.29, 0.717) is 25.2 Å². The van der Waals surface area contributed by atoms with Crippen molar-refractivity contribution < 1.29 is 28.6 Å². The molecule has 0 aliphatic heterocycles. The Morgan fingerprint density at radius 1 is 0.811 bits per heavy atom. The predicted octanol–water partition coefficient (Wildman–Crippen LogP) is 7.60. The van der Waals surface area contributed by atoms with Gasteiger partial charge in [-0.3, -0.25) is 9.59 Å². The van der Waals surface area contributed by atoms with Crippen LogP contribution >= 0.6 is 0 Å². The third-order valence-corrected chi connectivity index (χ3v) is 7.80. The molecule has 0 rings (SSSR count). The molecule has 2 atom stereocenters. The lowest BCUT2D eigenvalue weighted by Crippen LogP contribution is -2.42. The molecule has 7 heteroatoms. The number of carbonyl (C=O) groups excluding carboxylic acids is 3. The fourth-order valence-electron chi connectivity index (χ4n) is 3.99. The lowest BCUT2D eigenvalue weighted by atomic mass is 9.66. The Morgan fingerprint density at radius 2 is 1.43 bits per heavy atom. The molecule has 0 aliphatic carbocycles. The highest BCUT2D eigenvalue weighted by Crippen LogP contribution is 2.42. The van der Waals surface area contributed by atoms with Crippen LogP contribution in [-0.2, 0) is 23.8 Å². The van der Waals surface area contributed by atoms with E-state index < -0.39 is 17.1 Å². The van der Waals surface area contributed by atoms with Crippen LogP contribution in [0.2, 0.25) is 0 Å². The average Bonchev–Trinajstić information content (AvgIpc) is 2.78. The lowest BCUT2D eigenvalue weighted by Gasteiger charge is -2.38. The normalized spacial score (nSPS) is 15.5. The number of hydrogen-bond donors (Lipinski definition) is 1. The summed E-state index contributed by atoms with van der Waals surface area (Å²) in [5, 5.41) is 2.66. The molecule has 1 N–H and O–H groups in total. The zero-order valence-corrected chi connectivity index (χ0v) is 25.8. The Morgan fingerprint density at radius 3 is 1.95 bits per heavy atom. The number of esters is 2. The van der Waals surface area contributed by atoms with Gasteiger partial charge in [-0.1, -0.05) is 54.9 Å². The van der Waals surface area contributed by atoms with E-state index in [1.165, 1.54) is 0 Å². The van der Waals surface area contributed by atoms with Gasteiger partial charge in [0.05, 0.1) is 12.0 Å². The van der Waals surface area contributed by atoms with Crippen LogP contribution in [0.25, 0.3) is 0 Å². The zero-order valence-electron chi connectivity index (χ0n) is 25.8. The highest BCUT2D eigenvalue weighted by atomic mass is 16.6. The molecule has 37 heavy (non-hydrogen) atoms. The highest BCUT2D eigenvalue weighted by molar-refractivity contribution is 5.77. The van der Waals surface area contributed by atoms with Gasteiger partial charge in [0.2, 0.25) is 0 Å². The van der Waals surface area contributed by atoms with Crippen LogP contribution in [-0.4, -0.2) is 42.4 Å². The first kappa shape index (κ1) is 35.2. The Balaban J connectivity index is 4.26. The summed E-state index contributed by atoms with van der Waals surface area (Å²) in [4.78, 5) is 37.1. The molecule has 0 bridgehead atoms. The fourth-order valence-corrected chi connectivity index (χ4v) is 3.99. The van der Waals surface area contributed by atoms with E-state index in [1.807, 2.05) is 55.4 Å². The molecule has 1 amide bonds. The topological polar surface area (TPSA) is 90.9 Å². The highest BCUT2D eigenvalue weighted by Gasteiger charge is 2.44. The number of alkyl carbamates (subject to hydrolysis) is 1. The van der Waals surface area contributed by atoms with Gasteiger partial charge < -0.3 is 19.5 Å². The molecule has 0 fully saturated rings. The summed E-state index contributed by atoms with van der Waals surface area (Å²) in [5.74, 6) is 0.201. The van der Waals surface area contributed by atoms with Gasteiger partial charge in [0, 0.05) is 6.42 Å². The molecule has 7 nitrogen and oxygen atoms in total. The van der Waals surface area contributed by atoms with Crippen LogP contribution in [0.5, 0.6) is 0 Å². The summed E-state index contributed by atoms with van der Waals surface area (Å²) >= 11 is 0. The van der Waals surface area contributed by atoms with E-state index in [-0.39, 0.29) is 36.1 Å². The molecule has 0 aromatic heterocycles. The molecular formula is C30H57NO6. The molecule has 0 saturated carbocycles. The maximum Gasteiger partial charge on any atom is 0.407 e. The van der Waals surface area contributed by atoms with Crippen LogP contribution in [0.1, 0.15) is 134 Å². The minimum atomic E-state index is -0.633. The number of unbranched alkanes of at least 4 members (excludes halogenated alkanes) is 2. The van der Waals surface area contributed by atoms with Gasteiger partial charge in [0.25, 0.3) is 0 Å². The molecular weight excluding hydrogens is 470 g/mol. The Bertz CT molecular complexity index is 711. The van der Waals surface area contributed by atoms with Crippen LogP contribution in [0.4, 0.5) is 4.79 Å². The maximum atomic E-state index is 12.6. The van der Waals surface area contributed by atoms with Crippen molar-refractivity contribution in [2.75, 3.05) is 13.2 Å². The van der Waals surface area contributed by atoms with Gasteiger partial charge in [-0.05, 0) is 84.0 Å². The second-order valence-corrected chi connectivity index (χ2v) is 12.9. The van der Waals surface area contributed by atoms with E-state index in [9.17, 15) is 14.4 Å². The van der Waals surface area contributed by atoms with Gasteiger partial charge in [-0.15, -0.1) is 0 Å². The van der Waals surface area contributed by atoms with Crippen molar-refractivity contribution in [3.8, 4) is 0 Å². The van der Waals surface area contributed by atoms with Gasteiger partial charge in [-0.25, -0.2) is 4.79 Å². The number of rotatable bonds is 17. The summed E-state index contributed by atoms with van der Waals surface area (Å²) in [7, 11) is 0. The Labute approximate surface area is 227 Å². The molecule has 0 aromatic rings. The first-order chi connectivity index (χ1) is 16.9. The Hall–Kier alpha value is -1.79. The first-order valence-electron chi connectivity index (χ1n) is 14.3. The van der Waals surface area contributed by atoms with Gasteiger partial charge in [-0.2, -0.15) is 0 Å². The molecule has 0 heterocycles. The molecule has 0 spiro atoms. The minimum absolute atomic E-state index is 0.102. The summed E-state index contributed by atoms with van der Waals surface area (Å²) in [5.41, 5.74) is -1.83. The summed E-state index contributed by atoms with van der Waals surface area (Å²) in [6, 6.07) is 0. The van der Waals surface area contributed by atoms with Crippen molar-refractivity contribution in [1.29, 1.82) is 0 Å². The van der Waals surface area contributed by atoms with Gasteiger partial charge in [0.15, 0.2) is 0 Å². The SMILES string of the molecule is CCC(C)(CCC(C)C)OC(=O)CCCCCC(C)(C)OC(=O)NCCOC(=O)C(C)(CC)C(C)(C)C. The summed E-state index contributed by atoms with van der Waals surface area (Å²) in [6.45, 7) is 22.5. The smallest absolute Gasteiger partial charge is 0.407 e. The van der Waals surface area contributed by atoms with Gasteiger partial charge >= 0.3 is 18.0 Å². The second kappa shape index (κ2) is 15.6. The van der Waals surface area contributed by atoms with Crippen molar-refractivity contribution >= 4 is 18.0 Å². The van der Waals surface area contributed by atoms with E-state index in [4.69, 9.17) is 14.2 Å². The first-order valence-corrected chi connectivity index (χ1v) is 14.3. The predicted molar refractivity (Wildman–Crippen MR) is 149 cm³/mol. The van der Waals surface area contributed by atoms with Crippen molar-refractivity contribution in [2.24, 2.45) is 16.7 Å². The second-order valence-electron chi connectivity index (χ2n) is 12.9. The van der Waals surface area contributed by atoms with Crippen LogP contribution in [0.15, 0.2) is 0 Å². The molecule has 218 valence electrons. The van der Waals surface area contributed by atoms with Crippen molar-refractivity contribution in [3.05, 3.63) is 0 Å². The molecule has 0 aromatic carbocycles. The van der Waals surface area contributed by atoms with E-state index in [0.717, 1.165) is 38.5 Å². The number of hydrogen-bond acceptors (Lipinski definition) is 6. The average molecular weight is 528 g/mol. The van der Waals surface area contributed by atoms with Crippen molar-refractivity contribution in [2.45, 2.75) is 145 Å². The Kier molecular flexibility index (Phi) is 14.8. The summed E-state index contributed by atoms with van der Waals surface area (Å²) in [6.07, 6.45) is 6.44. The van der Waals surface area contributed by atoms with E-state index in [1.54, 1.807) is 0 Å². The number of nitrogens with one attached hydrogen (secondary N) is 1. The molecule has 0 saturated heterocycles. The van der Waals surface area contributed by atoms with Crippen LogP contribution < -0.4 is 5.32 Å². The largest absolute Gasteiger partial charge is 0.463 e. The summed E-state index contributed by atoms with van der Waals surface area (Å²) < 4.78 is 16.8. The zero-order chi connectivity index (χ0) is 28.9. The third-order valence-electron chi connectivity index (χ3n) is 7.80. The minimum Gasteiger partial charge on any atom is -0.463 e. The monoisotopic (exact) mass is 527 g/mol. The van der Waals surface area contributed by atoms with Crippen LogP contribution in [0, 0.1) is 16.7 Å². The maximum absolute atomic E-state index is 12.6. The van der Waals surface area contributed by atoms with Crippen LogP contribution in [0.3, 0.4) is 0 Å². The molecule has 0 aliphatic rings. The lowest BCUT2D eigenvalue weighted by molar-refractivity contribution is -0.162. The van der Waals surface area contributed by atoms with Crippen molar-refractivity contribution in [1.82, 2.24) is 5.32 Å². The van der Waals surface area contributed by atoms with Crippen molar-refractivity contribution in [3.63, 3.8) is 0 Å². The van der Waals surface area contributed by atoms with E-state index >= 15 is 0 Å².